The highest BCUT2D eigenvalue weighted by atomic mass is 16.2. The van der Waals surface area contributed by atoms with Gasteiger partial charge in [-0.25, -0.2) is 0 Å². The highest BCUT2D eigenvalue weighted by Gasteiger charge is 2.21. The second-order valence-corrected chi connectivity index (χ2v) is 4.60. The predicted molar refractivity (Wildman–Crippen MR) is 65.8 cm³/mol. The van der Waals surface area contributed by atoms with Crippen LogP contribution in [0.3, 0.4) is 0 Å². The molecule has 1 amide bonds. The molecule has 1 atom stereocenters. The Morgan fingerprint density at radius 1 is 1.47 bits per heavy atom. The zero-order valence-electron chi connectivity index (χ0n) is 10.1. The molecule has 0 radical (unpaired) electrons. The summed E-state index contributed by atoms with van der Waals surface area (Å²) >= 11 is 0. The number of benzene rings is 1. The van der Waals surface area contributed by atoms with Crippen LogP contribution in [0.25, 0.3) is 0 Å². The molecular formula is C13H17N3O. The summed E-state index contributed by atoms with van der Waals surface area (Å²) in [5.74, 6) is -0.264. The van der Waals surface area contributed by atoms with E-state index in [0.717, 1.165) is 5.56 Å². The Bertz CT molecular complexity index is 420. The van der Waals surface area contributed by atoms with Gasteiger partial charge in [0.15, 0.2) is 0 Å². The van der Waals surface area contributed by atoms with Crippen molar-refractivity contribution in [2.45, 2.75) is 19.9 Å². The van der Waals surface area contributed by atoms with Gasteiger partial charge in [0, 0.05) is 6.54 Å². The Balaban J connectivity index is 2.58. The van der Waals surface area contributed by atoms with E-state index in [1.807, 2.05) is 18.2 Å². The molecule has 0 heterocycles. The number of nitrogens with two attached hydrogens (primary N) is 1. The summed E-state index contributed by atoms with van der Waals surface area (Å²) in [4.78, 5) is 11.8. The summed E-state index contributed by atoms with van der Waals surface area (Å²) in [5, 5.41) is 11.5. The molecule has 90 valence electrons. The van der Waals surface area contributed by atoms with Crippen LogP contribution in [-0.4, -0.2) is 12.5 Å². The molecule has 17 heavy (non-hydrogen) atoms. The van der Waals surface area contributed by atoms with E-state index in [-0.39, 0.29) is 5.91 Å². The SMILES string of the molecule is CC(C)(C#N)CNC(=O)[C@@H](N)c1ccccc1. The van der Waals surface area contributed by atoms with Gasteiger partial charge in [-0.15, -0.1) is 0 Å². The van der Waals surface area contributed by atoms with Crippen molar-refractivity contribution in [3.05, 3.63) is 35.9 Å². The lowest BCUT2D eigenvalue weighted by Crippen LogP contribution is -2.39. The largest absolute Gasteiger partial charge is 0.353 e. The Labute approximate surface area is 101 Å². The highest BCUT2D eigenvalue weighted by Crippen LogP contribution is 2.13. The van der Waals surface area contributed by atoms with Crippen molar-refractivity contribution >= 4 is 5.91 Å². The predicted octanol–water partition coefficient (Wildman–Crippen LogP) is 1.35. The topological polar surface area (TPSA) is 78.9 Å². The molecule has 0 spiro atoms. The van der Waals surface area contributed by atoms with E-state index >= 15 is 0 Å². The van der Waals surface area contributed by atoms with Crippen molar-refractivity contribution in [1.82, 2.24) is 5.32 Å². The minimum atomic E-state index is -0.689. The van der Waals surface area contributed by atoms with Crippen LogP contribution >= 0.6 is 0 Å². The maximum absolute atomic E-state index is 11.8. The number of carbonyl (C=O) groups excluding carboxylic acids is 1. The standard InChI is InChI=1S/C13H17N3O/c1-13(2,8-14)9-16-12(17)11(15)10-6-4-3-5-7-10/h3-7,11H,9,15H2,1-2H3,(H,16,17)/t11-/m0/s1. The normalized spacial score (nSPS) is 12.6. The molecule has 0 saturated carbocycles. The molecule has 0 aliphatic carbocycles. The van der Waals surface area contributed by atoms with E-state index in [0.29, 0.717) is 6.54 Å². The number of amides is 1. The van der Waals surface area contributed by atoms with Crippen molar-refractivity contribution in [2.75, 3.05) is 6.54 Å². The van der Waals surface area contributed by atoms with Gasteiger partial charge in [-0.2, -0.15) is 5.26 Å². The number of hydrogen-bond donors (Lipinski definition) is 2. The fourth-order valence-electron chi connectivity index (χ4n) is 1.27. The summed E-state index contributed by atoms with van der Waals surface area (Å²) < 4.78 is 0. The summed E-state index contributed by atoms with van der Waals surface area (Å²) in [5.41, 5.74) is 6.00. The summed E-state index contributed by atoms with van der Waals surface area (Å²) in [6.45, 7) is 3.82. The van der Waals surface area contributed by atoms with Crippen molar-refractivity contribution in [1.29, 1.82) is 5.26 Å². The maximum atomic E-state index is 11.8. The van der Waals surface area contributed by atoms with Crippen LogP contribution in [0.4, 0.5) is 0 Å². The van der Waals surface area contributed by atoms with Gasteiger partial charge in [0.05, 0.1) is 11.5 Å². The minimum Gasteiger partial charge on any atom is -0.353 e. The van der Waals surface area contributed by atoms with Gasteiger partial charge in [0.2, 0.25) is 5.91 Å². The summed E-state index contributed by atoms with van der Waals surface area (Å²) in [7, 11) is 0. The first kappa shape index (κ1) is 13.2. The molecule has 0 bridgehead atoms. The smallest absolute Gasteiger partial charge is 0.241 e. The third-order valence-electron chi connectivity index (χ3n) is 2.45. The molecule has 4 nitrogen and oxygen atoms in total. The first-order valence-electron chi connectivity index (χ1n) is 5.46. The monoisotopic (exact) mass is 231 g/mol. The Morgan fingerprint density at radius 2 is 2.06 bits per heavy atom. The first-order valence-corrected chi connectivity index (χ1v) is 5.46. The lowest BCUT2D eigenvalue weighted by molar-refractivity contribution is -0.122. The van der Waals surface area contributed by atoms with Crippen LogP contribution in [0, 0.1) is 16.7 Å². The molecule has 1 rings (SSSR count). The second kappa shape index (κ2) is 5.46. The number of nitrogens with zero attached hydrogens (tertiary/aromatic N) is 1. The van der Waals surface area contributed by atoms with E-state index in [9.17, 15) is 4.79 Å². The van der Waals surface area contributed by atoms with Crippen LogP contribution in [0.5, 0.6) is 0 Å². The quantitative estimate of drug-likeness (QED) is 0.821. The maximum Gasteiger partial charge on any atom is 0.241 e. The average molecular weight is 231 g/mol. The number of nitrogens with one attached hydrogen (secondary N) is 1. The number of carbonyl (C=O) groups is 1. The molecule has 0 saturated heterocycles. The van der Waals surface area contributed by atoms with Gasteiger partial charge in [0.25, 0.3) is 0 Å². The molecule has 0 aliphatic heterocycles. The van der Waals surface area contributed by atoms with E-state index in [4.69, 9.17) is 11.0 Å². The Morgan fingerprint density at radius 3 is 2.59 bits per heavy atom. The van der Waals surface area contributed by atoms with Crippen molar-refractivity contribution < 1.29 is 4.79 Å². The zero-order valence-corrected chi connectivity index (χ0v) is 10.1. The van der Waals surface area contributed by atoms with Crippen LogP contribution in [0.2, 0.25) is 0 Å². The van der Waals surface area contributed by atoms with Crippen LogP contribution in [-0.2, 0) is 4.79 Å². The van der Waals surface area contributed by atoms with Crippen molar-refractivity contribution in [3.8, 4) is 6.07 Å². The fraction of sp³-hybridized carbons (Fsp3) is 0.385. The lowest BCUT2D eigenvalue weighted by Gasteiger charge is -2.18. The molecule has 0 fully saturated rings. The van der Waals surface area contributed by atoms with E-state index in [2.05, 4.69) is 11.4 Å². The van der Waals surface area contributed by atoms with Gasteiger partial charge >= 0.3 is 0 Å². The van der Waals surface area contributed by atoms with E-state index in [1.165, 1.54) is 0 Å². The van der Waals surface area contributed by atoms with Crippen molar-refractivity contribution in [3.63, 3.8) is 0 Å². The number of nitriles is 1. The molecule has 4 heteroatoms. The van der Waals surface area contributed by atoms with Gasteiger partial charge in [-0.3, -0.25) is 4.79 Å². The van der Waals surface area contributed by atoms with E-state index in [1.54, 1.807) is 26.0 Å². The number of rotatable bonds is 4. The van der Waals surface area contributed by atoms with Gasteiger partial charge < -0.3 is 11.1 Å². The van der Waals surface area contributed by atoms with Crippen LogP contribution in [0.15, 0.2) is 30.3 Å². The van der Waals surface area contributed by atoms with Crippen molar-refractivity contribution in [2.24, 2.45) is 11.1 Å². The van der Waals surface area contributed by atoms with E-state index < -0.39 is 11.5 Å². The zero-order chi connectivity index (χ0) is 12.9. The number of hydrogen-bond acceptors (Lipinski definition) is 3. The first-order chi connectivity index (χ1) is 7.96. The van der Waals surface area contributed by atoms with Gasteiger partial charge in [-0.1, -0.05) is 30.3 Å². The fourth-order valence-corrected chi connectivity index (χ4v) is 1.27. The molecule has 1 aromatic carbocycles. The summed E-state index contributed by atoms with van der Waals surface area (Å²) in [6, 6.07) is 10.6. The molecular weight excluding hydrogens is 214 g/mol. The second-order valence-electron chi connectivity index (χ2n) is 4.60. The summed E-state index contributed by atoms with van der Waals surface area (Å²) in [6.07, 6.45) is 0. The lowest BCUT2D eigenvalue weighted by atomic mass is 9.95. The molecule has 0 aromatic heterocycles. The molecule has 0 unspecified atom stereocenters. The third kappa shape index (κ3) is 3.89. The highest BCUT2D eigenvalue weighted by molar-refractivity contribution is 5.82. The van der Waals surface area contributed by atoms with Gasteiger partial charge in [-0.05, 0) is 19.4 Å². The van der Waals surface area contributed by atoms with Crippen LogP contribution < -0.4 is 11.1 Å². The minimum absolute atomic E-state index is 0.264. The van der Waals surface area contributed by atoms with Gasteiger partial charge in [0.1, 0.15) is 6.04 Å². The Kier molecular flexibility index (Phi) is 4.24. The van der Waals surface area contributed by atoms with Crippen LogP contribution in [0.1, 0.15) is 25.5 Å². The average Bonchev–Trinajstić information content (AvgIpc) is 2.36. The molecule has 3 N–H and O–H groups in total. The third-order valence-corrected chi connectivity index (χ3v) is 2.45. The Hall–Kier alpha value is -1.86. The molecule has 0 aliphatic rings. The molecule has 1 aromatic rings.